The van der Waals surface area contributed by atoms with Crippen molar-refractivity contribution in [1.82, 2.24) is 10.4 Å². The number of thiazole rings is 1. The van der Waals surface area contributed by atoms with Gasteiger partial charge in [-0.3, -0.25) is 15.6 Å². The fourth-order valence-electron chi connectivity index (χ4n) is 2.71. The number of benzene rings is 2. The fraction of sp³-hybridized carbons (Fsp3) is 0.263. The van der Waals surface area contributed by atoms with Gasteiger partial charge in [-0.2, -0.15) is 0 Å². The lowest BCUT2D eigenvalue weighted by molar-refractivity contribution is 0.0959. The van der Waals surface area contributed by atoms with Gasteiger partial charge in [0.1, 0.15) is 0 Å². The molecular weight excluding hydrogens is 382 g/mol. The van der Waals surface area contributed by atoms with Crippen LogP contribution in [-0.4, -0.2) is 25.6 Å². The van der Waals surface area contributed by atoms with Gasteiger partial charge >= 0.3 is 0 Å². The Morgan fingerprint density at radius 1 is 1.19 bits per heavy atom. The Bertz CT molecular complexity index is 1070. The Balaban J connectivity index is 1.74. The molecule has 3 rings (SSSR count). The van der Waals surface area contributed by atoms with Crippen molar-refractivity contribution >= 4 is 42.4 Å². The number of aryl methyl sites for hydroxylation is 1. The molecule has 0 bridgehead atoms. The summed E-state index contributed by atoms with van der Waals surface area (Å²) < 4.78 is 24.7. The van der Waals surface area contributed by atoms with Gasteiger partial charge < -0.3 is 0 Å². The van der Waals surface area contributed by atoms with E-state index in [0.717, 1.165) is 35.7 Å². The van der Waals surface area contributed by atoms with E-state index in [4.69, 9.17) is 0 Å². The Morgan fingerprint density at radius 2 is 1.96 bits per heavy atom. The van der Waals surface area contributed by atoms with Crippen LogP contribution in [0.25, 0.3) is 10.2 Å². The Morgan fingerprint density at radius 3 is 2.70 bits per heavy atom. The molecule has 0 aliphatic heterocycles. The van der Waals surface area contributed by atoms with Crippen LogP contribution in [0.2, 0.25) is 0 Å². The molecule has 0 saturated heterocycles. The third kappa shape index (κ3) is 4.64. The number of hydrazine groups is 1. The van der Waals surface area contributed by atoms with Crippen LogP contribution < -0.4 is 10.9 Å². The number of aromatic nitrogens is 1. The second kappa shape index (κ2) is 8.06. The largest absolute Gasteiger partial charge is 0.273 e. The zero-order valence-corrected chi connectivity index (χ0v) is 16.8. The molecule has 8 heteroatoms. The number of carbonyl (C=O) groups excluding carboxylic acids is 1. The van der Waals surface area contributed by atoms with Crippen LogP contribution in [-0.2, 0) is 16.3 Å². The number of nitrogens with zero attached hydrogens (tertiary/aromatic N) is 1. The minimum Gasteiger partial charge on any atom is -0.273 e. The number of nitrogens with one attached hydrogen (secondary N) is 2. The van der Waals surface area contributed by atoms with Crippen LogP contribution in [0.15, 0.2) is 47.4 Å². The zero-order valence-electron chi connectivity index (χ0n) is 15.2. The van der Waals surface area contributed by atoms with Crippen LogP contribution in [0.4, 0.5) is 5.13 Å². The summed E-state index contributed by atoms with van der Waals surface area (Å²) in [5.41, 5.74) is 7.54. The number of fused-ring (bicyclic) bond motifs is 1. The van der Waals surface area contributed by atoms with Gasteiger partial charge in [-0.15, -0.1) is 0 Å². The number of carbonyl (C=O) groups is 1. The minimum absolute atomic E-state index is 0.00540. The van der Waals surface area contributed by atoms with Crippen LogP contribution in [0, 0.1) is 0 Å². The fourth-order valence-corrected chi connectivity index (χ4v) is 4.48. The Hall–Kier alpha value is -2.45. The molecule has 0 spiro atoms. The second-order valence-electron chi connectivity index (χ2n) is 6.27. The predicted octanol–water partition coefficient (Wildman–Crippen LogP) is 3.80. The van der Waals surface area contributed by atoms with Gasteiger partial charge in [0.15, 0.2) is 9.84 Å². The summed E-state index contributed by atoms with van der Waals surface area (Å²) in [7, 11) is -3.50. The maximum absolute atomic E-state index is 12.4. The molecule has 2 N–H and O–H groups in total. The quantitative estimate of drug-likeness (QED) is 0.586. The highest BCUT2D eigenvalue weighted by Gasteiger charge is 2.18. The van der Waals surface area contributed by atoms with Crippen molar-refractivity contribution in [1.29, 1.82) is 0 Å². The first-order valence-corrected chi connectivity index (χ1v) is 11.3. The molecule has 2 aromatic carbocycles. The molecule has 0 radical (unpaired) electrons. The highest BCUT2D eigenvalue weighted by atomic mass is 32.2. The summed E-state index contributed by atoms with van der Waals surface area (Å²) in [6.07, 6.45) is 4.40. The van der Waals surface area contributed by atoms with Crippen molar-refractivity contribution in [2.75, 3.05) is 11.7 Å². The number of amides is 1. The molecule has 6 nitrogen and oxygen atoms in total. The lowest BCUT2D eigenvalue weighted by Crippen LogP contribution is -2.30. The summed E-state index contributed by atoms with van der Waals surface area (Å²) in [6.45, 7) is 2.16. The van der Waals surface area contributed by atoms with Crippen LogP contribution in [0.3, 0.4) is 0 Å². The van der Waals surface area contributed by atoms with Gasteiger partial charge in [0.25, 0.3) is 5.91 Å². The highest BCUT2D eigenvalue weighted by Crippen LogP contribution is 2.27. The van der Waals surface area contributed by atoms with Crippen molar-refractivity contribution in [3.8, 4) is 0 Å². The third-order valence-corrected chi connectivity index (χ3v) is 6.17. The smallest absolute Gasteiger partial charge is 0.270 e. The van der Waals surface area contributed by atoms with Crippen molar-refractivity contribution in [3.05, 3.63) is 53.6 Å². The van der Waals surface area contributed by atoms with Crippen LogP contribution >= 0.6 is 11.3 Å². The van der Waals surface area contributed by atoms with Gasteiger partial charge in [0.05, 0.1) is 20.7 Å². The molecule has 0 unspecified atom stereocenters. The summed E-state index contributed by atoms with van der Waals surface area (Å²) in [4.78, 5) is 16.9. The molecule has 0 aliphatic carbocycles. The maximum atomic E-state index is 12.4. The first kappa shape index (κ1) is 19.3. The van der Waals surface area contributed by atoms with E-state index in [1.165, 1.54) is 29.0 Å². The van der Waals surface area contributed by atoms with Gasteiger partial charge in [0, 0.05) is 6.26 Å². The number of hydrogen-bond donors (Lipinski definition) is 2. The van der Waals surface area contributed by atoms with E-state index in [2.05, 4.69) is 34.9 Å². The number of anilines is 1. The van der Waals surface area contributed by atoms with Crippen molar-refractivity contribution in [3.63, 3.8) is 0 Å². The van der Waals surface area contributed by atoms with Crippen molar-refractivity contribution in [2.45, 2.75) is 31.1 Å². The van der Waals surface area contributed by atoms with Crippen molar-refractivity contribution in [2.24, 2.45) is 0 Å². The monoisotopic (exact) mass is 403 g/mol. The zero-order chi connectivity index (χ0) is 19.4. The molecule has 142 valence electrons. The number of sulfone groups is 1. The van der Waals surface area contributed by atoms with Gasteiger partial charge in [-0.25, -0.2) is 13.4 Å². The molecular formula is C19H21N3O3S2. The minimum atomic E-state index is -3.50. The van der Waals surface area contributed by atoms with E-state index in [0.29, 0.717) is 5.13 Å². The van der Waals surface area contributed by atoms with E-state index < -0.39 is 15.7 Å². The first-order valence-electron chi connectivity index (χ1n) is 8.63. The SMILES string of the molecule is CCCCc1ccc2nc(NNC(=O)c3ccccc3S(C)(=O)=O)sc2c1. The number of unbranched alkanes of at least 4 members (excludes halogenated alkanes) is 1. The first-order chi connectivity index (χ1) is 12.9. The molecule has 1 amide bonds. The molecule has 0 atom stereocenters. The predicted molar refractivity (Wildman–Crippen MR) is 109 cm³/mol. The third-order valence-electron chi connectivity index (χ3n) is 4.09. The molecule has 1 heterocycles. The molecule has 0 saturated carbocycles. The van der Waals surface area contributed by atoms with Crippen LogP contribution in [0.5, 0.6) is 0 Å². The van der Waals surface area contributed by atoms with Crippen LogP contribution in [0.1, 0.15) is 35.7 Å². The standard InChI is InChI=1S/C19H21N3O3S2/c1-3-4-7-13-10-11-15-16(12-13)26-19(20-15)22-21-18(23)14-8-5-6-9-17(14)27(2,24)25/h5-6,8-12H,3-4,7H2,1-2H3,(H,20,22)(H,21,23). The van der Waals surface area contributed by atoms with E-state index in [-0.39, 0.29) is 10.5 Å². The van der Waals surface area contributed by atoms with Gasteiger partial charge in [0.2, 0.25) is 5.13 Å². The summed E-state index contributed by atoms with van der Waals surface area (Å²) in [5, 5.41) is 0.544. The van der Waals surface area contributed by atoms with E-state index >= 15 is 0 Å². The summed E-state index contributed by atoms with van der Waals surface area (Å²) in [6, 6.07) is 12.3. The second-order valence-corrected chi connectivity index (χ2v) is 9.29. The number of hydrogen-bond acceptors (Lipinski definition) is 6. The van der Waals surface area contributed by atoms with E-state index in [1.807, 2.05) is 6.07 Å². The Kier molecular flexibility index (Phi) is 5.76. The lowest BCUT2D eigenvalue weighted by Gasteiger charge is -2.08. The van der Waals surface area contributed by atoms with Gasteiger partial charge in [-0.1, -0.05) is 42.9 Å². The highest BCUT2D eigenvalue weighted by molar-refractivity contribution is 7.90. The molecule has 0 aliphatic rings. The topological polar surface area (TPSA) is 88.2 Å². The number of rotatable bonds is 7. The molecule has 0 fully saturated rings. The summed E-state index contributed by atoms with van der Waals surface area (Å²) >= 11 is 1.44. The molecule has 1 aromatic heterocycles. The lowest BCUT2D eigenvalue weighted by atomic mass is 10.1. The van der Waals surface area contributed by atoms with E-state index in [1.54, 1.807) is 12.1 Å². The molecule has 27 heavy (non-hydrogen) atoms. The molecule has 3 aromatic rings. The van der Waals surface area contributed by atoms with Gasteiger partial charge in [-0.05, 0) is 42.7 Å². The maximum Gasteiger partial charge on any atom is 0.270 e. The normalized spacial score (nSPS) is 11.5. The Labute approximate surface area is 162 Å². The average molecular weight is 404 g/mol. The van der Waals surface area contributed by atoms with E-state index in [9.17, 15) is 13.2 Å². The van der Waals surface area contributed by atoms with Crippen molar-refractivity contribution < 1.29 is 13.2 Å². The summed E-state index contributed by atoms with van der Waals surface area (Å²) in [5.74, 6) is -0.529. The average Bonchev–Trinajstić information content (AvgIpc) is 3.06.